The molecule has 12 heteroatoms. The van der Waals surface area contributed by atoms with Gasteiger partial charge in [-0.3, -0.25) is 4.79 Å². The van der Waals surface area contributed by atoms with Crippen molar-refractivity contribution in [3.05, 3.63) is 42.5 Å². The summed E-state index contributed by atoms with van der Waals surface area (Å²) in [5.41, 5.74) is 7.61. The average Bonchev–Trinajstić information content (AvgIpc) is 3.55. The van der Waals surface area contributed by atoms with Gasteiger partial charge in [0.1, 0.15) is 12.3 Å². The second-order valence-corrected chi connectivity index (χ2v) is 6.98. The largest absolute Gasteiger partial charge is 0.494 e. The van der Waals surface area contributed by atoms with Crippen molar-refractivity contribution in [2.45, 2.75) is 13.5 Å². The molecule has 0 bridgehead atoms. The SMILES string of the molecule is CCOc1ccc(NC(=O)Cn2nnc(-c3nc(-c4ccc5c(c4)OCO5)no3)c2N)cc1. The number of anilines is 2. The third-order valence-corrected chi connectivity index (χ3v) is 4.78. The van der Waals surface area contributed by atoms with E-state index in [-0.39, 0.29) is 36.6 Å². The fraction of sp³-hybridized carbons (Fsp3) is 0.190. The number of fused-ring (bicyclic) bond motifs is 1. The minimum atomic E-state index is -0.325. The number of hydrogen-bond acceptors (Lipinski definition) is 10. The van der Waals surface area contributed by atoms with Crippen LogP contribution in [0, 0.1) is 0 Å². The molecule has 33 heavy (non-hydrogen) atoms. The number of ether oxygens (including phenoxy) is 3. The lowest BCUT2D eigenvalue weighted by Crippen LogP contribution is -2.20. The minimum Gasteiger partial charge on any atom is -0.494 e. The van der Waals surface area contributed by atoms with Crippen LogP contribution >= 0.6 is 0 Å². The van der Waals surface area contributed by atoms with Gasteiger partial charge in [0.05, 0.1) is 6.61 Å². The Morgan fingerprint density at radius 2 is 2.00 bits per heavy atom. The molecule has 12 nitrogen and oxygen atoms in total. The number of rotatable bonds is 7. The monoisotopic (exact) mass is 449 g/mol. The molecule has 1 aliphatic rings. The molecule has 3 heterocycles. The summed E-state index contributed by atoms with van der Waals surface area (Å²) < 4.78 is 22.6. The number of aromatic nitrogens is 5. The van der Waals surface area contributed by atoms with E-state index >= 15 is 0 Å². The molecule has 0 unspecified atom stereocenters. The van der Waals surface area contributed by atoms with Crippen molar-refractivity contribution < 1.29 is 23.5 Å². The first-order chi connectivity index (χ1) is 16.1. The zero-order valence-corrected chi connectivity index (χ0v) is 17.5. The lowest BCUT2D eigenvalue weighted by Gasteiger charge is -2.07. The Balaban J connectivity index is 1.28. The van der Waals surface area contributed by atoms with Gasteiger partial charge in [0, 0.05) is 11.3 Å². The Morgan fingerprint density at radius 3 is 2.82 bits per heavy atom. The summed E-state index contributed by atoms with van der Waals surface area (Å²) in [7, 11) is 0. The number of hydrogen-bond donors (Lipinski definition) is 2. The first-order valence-corrected chi connectivity index (χ1v) is 10.1. The Morgan fingerprint density at radius 1 is 1.18 bits per heavy atom. The molecule has 5 rings (SSSR count). The summed E-state index contributed by atoms with van der Waals surface area (Å²) in [5, 5.41) is 14.7. The van der Waals surface area contributed by atoms with Gasteiger partial charge in [-0.15, -0.1) is 5.10 Å². The van der Waals surface area contributed by atoms with E-state index in [9.17, 15) is 4.79 Å². The normalized spacial score (nSPS) is 12.0. The number of nitrogens with one attached hydrogen (secondary N) is 1. The van der Waals surface area contributed by atoms with Crippen LogP contribution in [0.3, 0.4) is 0 Å². The van der Waals surface area contributed by atoms with E-state index in [0.29, 0.717) is 35.2 Å². The Labute approximate surface area is 187 Å². The van der Waals surface area contributed by atoms with Crippen LogP contribution in [0.25, 0.3) is 23.0 Å². The molecular weight excluding hydrogens is 430 g/mol. The van der Waals surface area contributed by atoms with Crippen LogP contribution < -0.4 is 25.3 Å². The molecule has 2 aromatic carbocycles. The van der Waals surface area contributed by atoms with E-state index in [1.165, 1.54) is 4.68 Å². The highest BCUT2D eigenvalue weighted by molar-refractivity contribution is 5.90. The Kier molecular flexibility index (Phi) is 5.23. The van der Waals surface area contributed by atoms with Gasteiger partial charge in [0.2, 0.25) is 18.5 Å². The molecule has 0 saturated carbocycles. The van der Waals surface area contributed by atoms with Crippen molar-refractivity contribution in [3.63, 3.8) is 0 Å². The van der Waals surface area contributed by atoms with Crippen molar-refractivity contribution in [2.75, 3.05) is 24.5 Å². The topological polar surface area (TPSA) is 152 Å². The summed E-state index contributed by atoms with van der Waals surface area (Å²) in [6.07, 6.45) is 0. The van der Waals surface area contributed by atoms with Crippen molar-refractivity contribution in [2.24, 2.45) is 0 Å². The van der Waals surface area contributed by atoms with Crippen LogP contribution in [-0.2, 0) is 11.3 Å². The standard InChI is InChI=1S/C21H19N7O5/c1-2-30-14-6-4-13(5-7-14)23-17(29)10-28-19(22)18(25-27-28)21-24-20(26-33-21)12-3-8-15-16(9-12)32-11-31-15/h3-9H,2,10-11,22H2,1H3,(H,23,29). The lowest BCUT2D eigenvalue weighted by molar-refractivity contribution is -0.116. The van der Waals surface area contributed by atoms with Gasteiger partial charge >= 0.3 is 0 Å². The van der Waals surface area contributed by atoms with Crippen LogP contribution in [0.2, 0.25) is 0 Å². The quantitative estimate of drug-likeness (QED) is 0.430. The molecule has 2 aromatic heterocycles. The number of nitrogens with two attached hydrogens (primary N) is 1. The zero-order valence-electron chi connectivity index (χ0n) is 17.5. The molecule has 3 N–H and O–H groups in total. The number of benzene rings is 2. The molecule has 4 aromatic rings. The second kappa shape index (κ2) is 8.49. The molecule has 0 atom stereocenters. The average molecular weight is 449 g/mol. The molecular formula is C21H19N7O5. The van der Waals surface area contributed by atoms with Gasteiger partial charge < -0.3 is 29.8 Å². The van der Waals surface area contributed by atoms with Gasteiger partial charge in [-0.1, -0.05) is 10.4 Å². The van der Waals surface area contributed by atoms with Gasteiger partial charge in [-0.25, -0.2) is 4.68 Å². The molecule has 1 aliphatic heterocycles. The van der Waals surface area contributed by atoms with Crippen molar-refractivity contribution in [3.8, 4) is 40.2 Å². The third-order valence-electron chi connectivity index (χ3n) is 4.78. The lowest BCUT2D eigenvalue weighted by atomic mass is 10.2. The van der Waals surface area contributed by atoms with E-state index < -0.39 is 0 Å². The molecule has 0 radical (unpaired) electrons. The highest BCUT2D eigenvalue weighted by atomic mass is 16.7. The minimum absolute atomic E-state index is 0.0818. The van der Waals surface area contributed by atoms with Gasteiger partial charge in [-0.2, -0.15) is 4.98 Å². The van der Waals surface area contributed by atoms with Gasteiger partial charge in [0.25, 0.3) is 5.89 Å². The Bertz CT molecular complexity index is 1300. The highest BCUT2D eigenvalue weighted by Crippen LogP contribution is 2.35. The highest BCUT2D eigenvalue weighted by Gasteiger charge is 2.21. The predicted molar refractivity (Wildman–Crippen MR) is 116 cm³/mol. The Hall–Kier alpha value is -4.61. The summed E-state index contributed by atoms with van der Waals surface area (Å²) >= 11 is 0. The maximum Gasteiger partial charge on any atom is 0.282 e. The predicted octanol–water partition coefficient (Wildman–Crippen LogP) is 2.34. The van der Waals surface area contributed by atoms with Gasteiger partial charge in [-0.05, 0) is 49.4 Å². The molecule has 168 valence electrons. The maximum absolute atomic E-state index is 12.4. The maximum atomic E-state index is 12.4. The zero-order chi connectivity index (χ0) is 22.8. The number of nitrogens with zero attached hydrogens (tertiary/aromatic N) is 5. The summed E-state index contributed by atoms with van der Waals surface area (Å²) in [6, 6.07) is 12.3. The van der Waals surface area contributed by atoms with Crippen LogP contribution in [0.4, 0.5) is 11.5 Å². The fourth-order valence-electron chi connectivity index (χ4n) is 3.20. The number of carbonyl (C=O) groups is 1. The van der Waals surface area contributed by atoms with E-state index in [4.69, 9.17) is 24.5 Å². The molecule has 1 amide bonds. The number of nitrogen functional groups attached to an aromatic ring is 1. The van der Waals surface area contributed by atoms with Crippen molar-refractivity contribution in [1.82, 2.24) is 25.1 Å². The van der Waals surface area contributed by atoms with Crippen molar-refractivity contribution >= 4 is 17.4 Å². The van der Waals surface area contributed by atoms with Crippen molar-refractivity contribution in [1.29, 1.82) is 0 Å². The first kappa shape index (κ1) is 20.3. The van der Waals surface area contributed by atoms with Crippen LogP contribution in [0.5, 0.6) is 17.2 Å². The second-order valence-electron chi connectivity index (χ2n) is 6.98. The summed E-state index contributed by atoms with van der Waals surface area (Å²) in [4.78, 5) is 16.8. The molecule has 0 saturated heterocycles. The van der Waals surface area contributed by atoms with Crippen LogP contribution in [-0.4, -0.2) is 44.4 Å². The summed E-state index contributed by atoms with van der Waals surface area (Å²) in [6.45, 7) is 2.49. The molecule has 0 fully saturated rings. The fourth-order valence-corrected chi connectivity index (χ4v) is 3.20. The van der Waals surface area contributed by atoms with E-state index in [1.807, 2.05) is 6.92 Å². The smallest absolute Gasteiger partial charge is 0.282 e. The number of amides is 1. The van der Waals surface area contributed by atoms with E-state index in [2.05, 4.69) is 25.8 Å². The van der Waals surface area contributed by atoms with E-state index in [0.717, 1.165) is 5.75 Å². The summed E-state index contributed by atoms with van der Waals surface area (Å²) in [5.74, 6) is 2.18. The molecule has 0 spiro atoms. The van der Waals surface area contributed by atoms with Gasteiger partial charge in [0.15, 0.2) is 23.0 Å². The van der Waals surface area contributed by atoms with E-state index in [1.54, 1.807) is 42.5 Å². The third kappa shape index (κ3) is 4.13. The molecule has 0 aliphatic carbocycles. The number of carbonyl (C=O) groups excluding carboxylic acids is 1. The first-order valence-electron chi connectivity index (χ1n) is 10.1. The van der Waals surface area contributed by atoms with Crippen LogP contribution in [0.15, 0.2) is 47.0 Å². The van der Waals surface area contributed by atoms with Crippen LogP contribution in [0.1, 0.15) is 6.92 Å².